The number of benzene rings is 1. The molecule has 10 heteroatoms. The molecule has 1 aromatic rings. The first-order valence-corrected chi connectivity index (χ1v) is 7.55. The molecule has 27 heavy (non-hydrogen) atoms. The third-order valence-electron chi connectivity index (χ3n) is 4.54. The predicted molar refractivity (Wildman–Crippen MR) is 82.2 cm³/mol. The van der Waals surface area contributed by atoms with Gasteiger partial charge in [-0.25, -0.2) is 0 Å². The molecule has 0 radical (unpaired) electrons. The smallest absolute Gasteiger partial charge is 0.257 e. The Morgan fingerprint density at radius 1 is 0.889 bits per heavy atom. The van der Waals surface area contributed by atoms with Gasteiger partial charge < -0.3 is 0 Å². The largest absolute Gasteiger partial charge is 0.460 e. The minimum absolute atomic E-state index is 0.0717. The second-order valence-electron chi connectivity index (χ2n) is 6.70. The Morgan fingerprint density at radius 2 is 1.44 bits per heavy atom. The quantitative estimate of drug-likeness (QED) is 0.506. The fourth-order valence-electron chi connectivity index (χ4n) is 2.46. The van der Waals surface area contributed by atoms with Crippen LogP contribution in [0.3, 0.4) is 0 Å². The van der Waals surface area contributed by atoms with Gasteiger partial charge in [-0.15, -0.1) is 0 Å². The van der Waals surface area contributed by atoms with Crippen molar-refractivity contribution in [3.8, 4) is 0 Å². The molecule has 0 fully saturated rings. The third-order valence-corrected chi connectivity index (χ3v) is 4.54. The maximum Gasteiger partial charge on any atom is 0.460 e. The normalized spacial score (nSPS) is 18.0. The first-order chi connectivity index (χ1) is 11.9. The number of aliphatic imine (C=N–C) groups is 1. The molecule has 0 amide bonds. The Kier molecular flexibility index (Phi) is 4.73. The van der Waals surface area contributed by atoms with Crippen molar-refractivity contribution in [1.29, 1.82) is 0 Å². The monoisotopic (exact) mass is 403 g/mol. The fourth-order valence-corrected chi connectivity index (χ4v) is 2.46. The van der Waals surface area contributed by atoms with Gasteiger partial charge >= 0.3 is 23.9 Å². The molecule has 2 rings (SSSR count). The maximum atomic E-state index is 13.6. The van der Waals surface area contributed by atoms with Gasteiger partial charge in [0, 0.05) is 11.1 Å². The van der Waals surface area contributed by atoms with Crippen molar-refractivity contribution in [3.05, 3.63) is 35.4 Å². The van der Waals surface area contributed by atoms with Crippen molar-refractivity contribution < 1.29 is 39.5 Å². The van der Waals surface area contributed by atoms with Crippen LogP contribution in [0.4, 0.5) is 45.2 Å². The summed E-state index contributed by atoms with van der Waals surface area (Å²) in [6, 6.07) is 3.96. The molecule has 0 aliphatic carbocycles. The van der Waals surface area contributed by atoms with Crippen LogP contribution in [-0.4, -0.2) is 29.7 Å². The molecule has 1 nitrogen and oxygen atoms in total. The van der Waals surface area contributed by atoms with E-state index in [-0.39, 0.29) is 5.56 Å². The standard InChI is InChI=1S/C17H14F9N/c1-9-13(2,3)11-8-10(4-5-12(11)27-9)6-7-14(18,19)15(20,21)16(22,23)17(24,25)26/h4-8H,1-3H3/b7-6+. The summed E-state index contributed by atoms with van der Waals surface area (Å²) >= 11 is 0. The minimum atomic E-state index is -6.90. The second kappa shape index (κ2) is 6.00. The summed E-state index contributed by atoms with van der Waals surface area (Å²) in [5, 5.41) is 0. The fraction of sp³-hybridized carbons (Fsp3) is 0.471. The summed E-state index contributed by atoms with van der Waals surface area (Å²) in [4.78, 5) is 4.25. The van der Waals surface area contributed by atoms with Crippen LogP contribution < -0.4 is 0 Å². The van der Waals surface area contributed by atoms with Gasteiger partial charge in [0.1, 0.15) is 0 Å². The molecule has 0 aromatic heterocycles. The van der Waals surface area contributed by atoms with E-state index in [0.29, 0.717) is 23.0 Å². The molecular weight excluding hydrogens is 389 g/mol. The Balaban J connectivity index is 2.37. The summed E-state index contributed by atoms with van der Waals surface area (Å²) in [5.41, 5.74) is 1.17. The van der Waals surface area contributed by atoms with E-state index in [9.17, 15) is 39.5 Å². The molecule has 1 heterocycles. The number of rotatable bonds is 4. The van der Waals surface area contributed by atoms with Crippen molar-refractivity contribution in [2.45, 2.75) is 50.1 Å². The highest BCUT2D eigenvalue weighted by Gasteiger charge is 2.81. The zero-order chi connectivity index (χ0) is 21.1. The van der Waals surface area contributed by atoms with Crippen LogP contribution in [0, 0.1) is 0 Å². The lowest BCUT2D eigenvalue weighted by Crippen LogP contribution is -2.60. The molecule has 0 spiro atoms. The highest BCUT2D eigenvalue weighted by Crippen LogP contribution is 2.53. The molecule has 0 bridgehead atoms. The molecule has 1 aromatic carbocycles. The highest BCUT2D eigenvalue weighted by molar-refractivity contribution is 5.99. The Bertz CT molecular complexity index is 801. The molecule has 0 atom stereocenters. The van der Waals surface area contributed by atoms with E-state index < -0.39 is 35.4 Å². The molecular formula is C17H14F9N. The average molecular weight is 403 g/mol. The van der Waals surface area contributed by atoms with E-state index in [1.165, 1.54) is 18.2 Å². The maximum absolute atomic E-state index is 13.6. The lowest BCUT2D eigenvalue weighted by Gasteiger charge is -2.32. The molecule has 1 aliphatic rings. The molecule has 0 unspecified atom stereocenters. The summed E-state index contributed by atoms with van der Waals surface area (Å²) in [7, 11) is 0. The summed E-state index contributed by atoms with van der Waals surface area (Å²) in [6.45, 7) is 5.28. The summed E-state index contributed by atoms with van der Waals surface area (Å²) < 4.78 is 116. The molecule has 150 valence electrons. The van der Waals surface area contributed by atoms with E-state index in [4.69, 9.17) is 0 Å². The lowest BCUT2D eigenvalue weighted by molar-refractivity contribution is -0.388. The molecule has 1 aliphatic heterocycles. The number of alkyl halides is 9. The number of hydrogen-bond acceptors (Lipinski definition) is 1. The van der Waals surface area contributed by atoms with E-state index in [1.54, 1.807) is 20.8 Å². The number of halogens is 9. The van der Waals surface area contributed by atoms with E-state index >= 15 is 0 Å². The second-order valence-corrected chi connectivity index (χ2v) is 6.70. The highest BCUT2D eigenvalue weighted by atomic mass is 19.4. The van der Waals surface area contributed by atoms with Crippen molar-refractivity contribution >= 4 is 17.5 Å². The number of hydrogen-bond donors (Lipinski definition) is 0. The predicted octanol–water partition coefficient (Wildman–Crippen LogP) is 6.55. The van der Waals surface area contributed by atoms with Crippen LogP contribution in [0.5, 0.6) is 0 Å². The lowest BCUT2D eigenvalue weighted by atomic mass is 9.81. The summed E-state index contributed by atoms with van der Waals surface area (Å²) in [5.74, 6) is -19.3. The Labute approximate surface area is 148 Å². The van der Waals surface area contributed by atoms with Crippen molar-refractivity contribution in [1.82, 2.24) is 0 Å². The van der Waals surface area contributed by atoms with Crippen LogP contribution in [0.1, 0.15) is 31.9 Å². The molecule has 0 saturated heterocycles. The van der Waals surface area contributed by atoms with Gasteiger partial charge in [-0.3, -0.25) is 4.99 Å². The Hall–Kier alpha value is -2.00. The van der Waals surface area contributed by atoms with Crippen LogP contribution in [-0.2, 0) is 5.41 Å². The van der Waals surface area contributed by atoms with Crippen molar-refractivity contribution in [3.63, 3.8) is 0 Å². The van der Waals surface area contributed by atoms with Crippen LogP contribution in [0.15, 0.2) is 29.3 Å². The van der Waals surface area contributed by atoms with Crippen LogP contribution in [0.25, 0.3) is 6.08 Å². The zero-order valence-corrected chi connectivity index (χ0v) is 14.2. The van der Waals surface area contributed by atoms with Gasteiger partial charge in [0.25, 0.3) is 0 Å². The molecule has 0 N–H and O–H groups in total. The van der Waals surface area contributed by atoms with Gasteiger partial charge in [-0.2, -0.15) is 39.5 Å². The Morgan fingerprint density at radius 3 is 1.96 bits per heavy atom. The first kappa shape index (κ1) is 21.3. The van der Waals surface area contributed by atoms with E-state index in [1.807, 2.05) is 0 Å². The summed E-state index contributed by atoms with van der Waals surface area (Å²) in [6.07, 6.45) is -7.10. The topological polar surface area (TPSA) is 12.4 Å². The van der Waals surface area contributed by atoms with Crippen LogP contribution >= 0.6 is 0 Å². The number of fused-ring (bicyclic) bond motifs is 1. The molecule has 0 saturated carbocycles. The number of allylic oxidation sites excluding steroid dienone is 1. The van der Waals surface area contributed by atoms with E-state index in [0.717, 1.165) is 0 Å². The van der Waals surface area contributed by atoms with Gasteiger partial charge in [0.05, 0.1) is 5.69 Å². The third kappa shape index (κ3) is 3.23. The van der Waals surface area contributed by atoms with Gasteiger partial charge in [-0.05, 0) is 36.3 Å². The van der Waals surface area contributed by atoms with Crippen LogP contribution in [0.2, 0.25) is 0 Å². The first-order valence-electron chi connectivity index (χ1n) is 7.55. The van der Waals surface area contributed by atoms with Gasteiger partial charge in [0.15, 0.2) is 0 Å². The minimum Gasteiger partial charge on any atom is -0.257 e. The zero-order valence-electron chi connectivity index (χ0n) is 14.2. The average Bonchev–Trinajstić information content (AvgIpc) is 2.73. The van der Waals surface area contributed by atoms with Crippen molar-refractivity contribution in [2.24, 2.45) is 4.99 Å². The van der Waals surface area contributed by atoms with Gasteiger partial charge in [0.2, 0.25) is 0 Å². The van der Waals surface area contributed by atoms with Crippen molar-refractivity contribution in [2.75, 3.05) is 0 Å². The number of nitrogens with zero attached hydrogens (tertiary/aromatic N) is 1. The van der Waals surface area contributed by atoms with Gasteiger partial charge in [-0.1, -0.05) is 26.0 Å². The van der Waals surface area contributed by atoms with E-state index in [2.05, 4.69) is 4.99 Å². The SMILES string of the molecule is CC1=Nc2ccc(/C=C/C(F)(F)C(F)(F)C(F)(F)C(F)(F)F)cc2C1(C)C.